The fourth-order valence-electron chi connectivity index (χ4n) is 3.63. The Kier molecular flexibility index (Phi) is 5.36. The Labute approximate surface area is 192 Å². The van der Waals surface area contributed by atoms with E-state index in [0.717, 1.165) is 27.6 Å². The number of anilines is 1. The third kappa shape index (κ3) is 3.85. The van der Waals surface area contributed by atoms with Crippen molar-refractivity contribution in [3.8, 4) is 11.3 Å². The lowest BCUT2D eigenvalue weighted by Crippen LogP contribution is -2.31. The number of imide groups is 1. The summed E-state index contributed by atoms with van der Waals surface area (Å²) in [5, 5.41) is 1.10. The summed E-state index contributed by atoms with van der Waals surface area (Å²) in [6, 6.07) is 20.3. The number of hydrogen-bond donors (Lipinski definition) is 0. The molecule has 0 radical (unpaired) electrons. The van der Waals surface area contributed by atoms with E-state index < -0.39 is 11.1 Å². The van der Waals surface area contributed by atoms with Gasteiger partial charge in [0, 0.05) is 22.4 Å². The van der Waals surface area contributed by atoms with E-state index in [-0.39, 0.29) is 18.2 Å². The van der Waals surface area contributed by atoms with Gasteiger partial charge in [-0.05, 0) is 42.5 Å². The Morgan fingerprint density at radius 2 is 1.72 bits per heavy atom. The molecule has 2 amide bonds. The number of aromatic nitrogens is 2. The Balaban J connectivity index is 1.50. The van der Waals surface area contributed by atoms with Crippen LogP contribution >= 0.6 is 23.4 Å². The van der Waals surface area contributed by atoms with E-state index in [1.807, 2.05) is 42.5 Å². The molecule has 5 nitrogen and oxygen atoms in total. The van der Waals surface area contributed by atoms with Crippen LogP contribution in [0.3, 0.4) is 0 Å². The second-order valence-corrected chi connectivity index (χ2v) is 8.84. The third-order valence-electron chi connectivity index (χ3n) is 5.12. The maximum atomic E-state index is 13.2. The van der Waals surface area contributed by atoms with E-state index >= 15 is 0 Å². The number of halogens is 2. The lowest BCUT2D eigenvalue weighted by atomic mass is 10.1. The summed E-state index contributed by atoms with van der Waals surface area (Å²) in [7, 11) is 0. The Hall–Kier alpha value is -3.29. The van der Waals surface area contributed by atoms with Crippen molar-refractivity contribution < 1.29 is 14.0 Å². The van der Waals surface area contributed by atoms with Crippen LogP contribution in [0.5, 0.6) is 0 Å². The van der Waals surface area contributed by atoms with Gasteiger partial charge in [0.2, 0.25) is 11.8 Å². The largest absolute Gasteiger partial charge is 0.274 e. The van der Waals surface area contributed by atoms with Crippen molar-refractivity contribution in [1.82, 2.24) is 9.97 Å². The highest BCUT2D eigenvalue weighted by Gasteiger charge is 2.40. The molecule has 1 aromatic heterocycles. The molecule has 0 saturated carbocycles. The number of rotatable bonds is 4. The van der Waals surface area contributed by atoms with Gasteiger partial charge in [0.15, 0.2) is 5.16 Å². The van der Waals surface area contributed by atoms with Crippen LogP contribution in [0.4, 0.5) is 10.1 Å². The molecule has 32 heavy (non-hydrogen) atoms. The first-order valence-corrected chi connectivity index (χ1v) is 11.1. The Morgan fingerprint density at radius 3 is 2.47 bits per heavy atom. The first-order valence-electron chi connectivity index (χ1n) is 9.81. The van der Waals surface area contributed by atoms with Crippen LogP contribution in [0.15, 0.2) is 78.0 Å². The summed E-state index contributed by atoms with van der Waals surface area (Å²) < 4.78 is 13.2. The summed E-state index contributed by atoms with van der Waals surface area (Å²) in [6.07, 6.45) is 0.0174. The maximum Gasteiger partial charge on any atom is 0.247 e. The van der Waals surface area contributed by atoms with Crippen LogP contribution in [0.25, 0.3) is 22.2 Å². The molecule has 1 saturated heterocycles. The molecule has 0 spiro atoms. The fourth-order valence-corrected chi connectivity index (χ4v) is 4.79. The van der Waals surface area contributed by atoms with Crippen molar-refractivity contribution in [3.05, 3.63) is 83.6 Å². The van der Waals surface area contributed by atoms with E-state index in [2.05, 4.69) is 4.98 Å². The number of thioether (sulfide) groups is 1. The number of hydrogen-bond acceptors (Lipinski definition) is 5. The van der Waals surface area contributed by atoms with Gasteiger partial charge in [0.05, 0.1) is 16.9 Å². The highest BCUT2D eigenvalue weighted by Crippen LogP contribution is 2.35. The average molecular weight is 464 g/mol. The zero-order chi connectivity index (χ0) is 22.2. The molecule has 0 N–H and O–H groups in total. The lowest BCUT2D eigenvalue weighted by molar-refractivity contribution is -0.121. The normalized spacial score (nSPS) is 16.2. The minimum absolute atomic E-state index is 0.0174. The molecular formula is C24H15ClFN3O2S. The van der Waals surface area contributed by atoms with Gasteiger partial charge in [-0.25, -0.2) is 19.3 Å². The van der Waals surface area contributed by atoms with Crippen molar-refractivity contribution in [2.45, 2.75) is 16.8 Å². The van der Waals surface area contributed by atoms with Crippen LogP contribution in [0, 0.1) is 5.82 Å². The monoisotopic (exact) mass is 463 g/mol. The van der Waals surface area contributed by atoms with E-state index in [9.17, 15) is 14.0 Å². The quantitative estimate of drug-likeness (QED) is 0.295. The number of fused-ring (bicyclic) bond motifs is 1. The number of amides is 2. The predicted octanol–water partition coefficient (Wildman–Crippen LogP) is 5.51. The molecule has 2 heterocycles. The van der Waals surface area contributed by atoms with E-state index in [0.29, 0.717) is 27.1 Å². The van der Waals surface area contributed by atoms with Crippen molar-refractivity contribution in [2.24, 2.45) is 0 Å². The molecule has 1 aliphatic heterocycles. The van der Waals surface area contributed by atoms with Gasteiger partial charge in [-0.3, -0.25) is 9.59 Å². The number of carbonyl (C=O) groups excluding carboxylic acids is 2. The first-order chi connectivity index (χ1) is 15.5. The topological polar surface area (TPSA) is 63.2 Å². The number of carbonyl (C=O) groups is 2. The molecular weight excluding hydrogens is 449 g/mol. The van der Waals surface area contributed by atoms with E-state index in [1.165, 1.54) is 24.3 Å². The van der Waals surface area contributed by atoms with Crippen LogP contribution in [0.2, 0.25) is 5.02 Å². The minimum Gasteiger partial charge on any atom is -0.274 e. The van der Waals surface area contributed by atoms with E-state index in [1.54, 1.807) is 6.07 Å². The second-order valence-electron chi connectivity index (χ2n) is 7.24. The highest BCUT2D eigenvalue weighted by atomic mass is 35.5. The van der Waals surface area contributed by atoms with Gasteiger partial charge in [0.1, 0.15) is 11.1 Å². The standard InChI is InChI=1S/C24H15ClFN3O2S/c25-15-6-11-19-18(12-15)22(14-4-2-1-3-5-14)28-24(27-19)32-20-13-21(30)29(23(20)31)17-9-7-16(26)8-10-17/h1-12,20H,13H2/t20-/m1/s1. The zero-order valence-electron chi connectivity index (χ0n) is 16.5. The molecule has 1 aliphatic rings. The van der Waals surface area contributed by atoms with Crippen molar-refractivity contribution in [3.63, 3.8) is 0 Å². The van der Waals surface area contributed by atoms with Crippen molar-refractivity contribution >= 4 is 51.8 Å². The van der Waals surface area contributed by atoms with Gasteiger partial charge < -0.3 is 0 Å². The van der Waals surface area contributed by atoms with Crippen molar-refractivity contribution in [1.29, 1.82) is 0 Å². The summed E-state index contributed by atoms with van der Waals surface area (Å²) in [4.78, 5) is 35.9. The second kappa shape index (κ2) is 8.33. The molecule has 1 atom stereocenters. The molecule has 0 bridgehead atoms. The Morgan fingerprint density at radius 1 is 0.969 bits per heavy atom. The van der Waals surface area contributed by atoms with Gasteiger partial charge >= 0.3 is 0 Å². The number of nitrogens with zero attached hydrogens (tertiary/aromatic N) is 3. The molecule has 1 fully saturated rings. The van der Waals surface area contributed by atoms with Crippen LogP contribution in [-0.2, 0) is 9.59 Å². The summed E-state index contributed by atoms with van der Waals surface area (Å²) in [5.41, 5.74) is 2.64. The molecule has 5 rings (SSSR count). The molecule has 4 aromatic rings. The molecule has 0 aliphatic carbocycles. The summed E-state index contributed by atoms with van der Waals surface area (Å²) in [6.45, 7) is 0. The summed E-state index contributed by atoms with van der Waals surface area (Å²) in [5.74, 6) is -1.14. The van der Waals surface area contributed by atoms with Crippen LogP contribution < -0.4 is 4.90 Å². The van der Waals surface area contributed by atoms with Gasteiger partial charge in [-0.15, -0.1) is 0 Å². The predicted molar refractivity (Wildman–Crippen MR) is 123 cm³/mol. The smallest absolute Gasteiger partial charge is 0.247 e. The molecule has 158 valence electrons. The fraction of sp³-hybridized carbons (Fsp3) is 0.0833. The Bertz CT molecular complexity index is 1350. The average Bonchev–Trinajstić information content (AvgIpc) is 3.07. The minimum atomic E-state index is -0.666. The van der Waals surface area contributed by atoms with Gasteiger partial charge in [-0.2, -0.15) is 0 Å². The maximum absolute atomic E-state index is 13.2. The van der Waals surface area contributed by atoms with Crippen molar-refractivity contribution in [2.75, 3.05) is 4.90 Å². The molecule has 3 aromatic carbocycles. The highest BCUT2D eigenvalue weighted by molar-refractivity contribution is 8.00. The van der Waals surface area contributed by atoms with Crippen LogP contribution in [-0.4, -0.2) is 27.0 Å². The lowest BCUT2D eigenvalue weighted by Gasteiger charge is -2.15. The number of benzene rings is 3. The van der Waals surface area contributed by atoms with Gasteiger partial charge in [-0.1, -0.05) is 53.7 Å². The SMILES string of the molecule is O=C1C[C@@H](Sc2nc(-c3ccccc3)c3cc(Cl)ccc3n2)C(=O)N1c1ccc(F)cc1. The van der Waals surface area contributed by atoms with Crippen LogP contribution in [0.1, 0.15) is 6.42 Å². The molecule has 8 heteroatoms. The summed E-state index contributed by atoms with van der Waals surface area (Å²) >= 11 is 7.35. The molecule has 0 unspecified atom stereocenters. The van der Waals surface area contributed by atoms with Gasteiger partial charge in [0.25, 0.3) is 0 Å². The third-order valence-corrected chi connectivity index (χ3v) is 6.40. The first kappa shape index (κ1) is 20.6. The van der Waals surface area contributed by atoms with E-state index in [4.69, 9.17) is 16.6 Å². The zero-order valence-corrected chi connectivity index (χ0v) is 18.1.